The number of hydrogen-bond donors (Lipinski definition) is 3. The number of nitrogens with one attached hydrogen (secondary N) is 2. The maximum absolute atomic E-state index is 12.0. The van der Waals surface area contributed by atoms with Gasteiger partial charge in [-0.15, -0.1) is 0 Å². The standard InChI is InChI=1S/C13H25N3O2/c1-10(13(18)15-11-4-5-11)16(7-8-17)9-12-3-2-6-14-12/h10-12,14,17H,2-9H2,1H3,(H,15,18). The summed E-state index contributed by atoms with van der Waals surface area (Å²) in [5, 5.41) is 15.6. The van der Waals surface area contributed by atoms with Crippen molar-refractivity contribution in [2.45, 2.75) is 50.7 Å². The lowest BCUT2D eigenvalue weighted by molar-refractivity contribution is -0.126. The van der Waals surface area contributed by atoms with E-state index >= 15 is 0 Å². The van der Waals surface area contributed by atoms with Crippen LogP contribution in [0.2, 0.25) is 0 Å². The Labute approximate surface area is 109 Å². The lowest BCUT2D eigenvalue weighted by Gasteiger charge is -2.30. The van der Waals surface area contributed by atoms with E-state index < -0.39 is 0 Å². The van der Waals surface area contributed by atoms with E-state index in [9.17, 15) is 4.79 Å². The number of aliphatic hydroxyl groups excluding tert-OH is 1. The Hall–Kier alpha value is -0.650. The Bertz CT molecular complexity index is 275. The third-order valence-electron chi connectivity index (χ3n) is 3.86. The van der Waals surface area contributed by atoms with Crippen LogP contribution in [0, 0.1) is 0 Å². The molecule has 5 nitrogen and oxygen atoms in total. The fourth-order valence-electron chi connectivity index (χ4n) is 2.48. The van der Waals surface area contributed by atoms with Crippen LogP contribution >= 0.6 is 0 Å². The van der Waals surface area contributed by atoms with Crippen molar-refractivity contribution in [3.05, 3.63) is 0 Å². The molecule has 0 spiro atoms. The Morgan fingerprint density at radius 3 is 2.83 bits per heavy atom. The maximum atomic E-state index is 12.0. The van der Waals surface area contributed by atoms with Crippen molar-refractivity contribution >= 4 is 5.91 Å². The molecule has 0 aromatic carbocycles. The lowest BCUT2D eigenvalue weighted by Crippen LogP contribution is -2.50. The first-order valence-electron chi connectivity index (χ1n) is 7.09. The number of carbonyl (C=O) groups is 1. The second-order valence-corrected chi connectivity index (χ2v) is 5.47. The molecule has 3 N–H and O–H groups in total. The van der Waals surface area contributed by atoms with Gasteiger partial charge >= 0.3 is 0 Å². The van der Waals surface area contributed by atoms with Crippen LogP contribution in [0.1, 0.15) is 32.6 Å². The van der Waals surface area contributed by atoms with E-state index in [-0.39, 0.29) is 18.6 Å². The minimum absolute atomic E-state index is 0.101. The van der Waals surface area contributed by atoms with Gasteiger partial charge in [0.2, 0.25) is 5.91 Å². The highest BCUT2D eigenvalue weighted by atomic mass is 16.3. The van der Waals surface area contributed by atoms with E-state index in [1.807, 2.05) is 6.92 Å². The average Bonchev–Trinajstić information content (AvgIpc) is 3.02. The molecule has 1 saturated heterocycles. The third kappa shape index (κ3) is 3.93. The lowest BCUT2D eigenvalue weighted by atomic mass is 10.1. The summed E-state index contributed by atoms with van der Waals surface area (Å²) in [6.07, 6.45) is 4.60. The van der Waals surface area contributed by atoms with Gasteiger partial charge in [-0.2, -0.15) is 0 Å². The molecule has 2 atom stereocenters. The van der Waals surface area contributed by atoms with E-state index in [2.05, 4.69) is 15.5 Å². The first-order chi connectivity index (χ1) is 8.70. The van der Waals surface area contributed by atoms with Crippen molar-refractivity contribution in [1.82, 2.24) is 15.5 Å². The fraction of sp³-hybridized carbons (Fsp3) is 0.923. The topological polar surface area (TPSA) is 64.6 Å². The number of carbonyl (C=O) groups excluding carboxylic acids is 1. The zero-order valence-corrected chi connectivity index (χ0v) is 11.2. The Morgan fingerprint density at radius 2 is 2.28 bits per heavy atom. The molecule has 2 aliphatic rings. The van der Waals surface area contributed by atoms with Crippen LogP contribution in [-0.2, 0) is 4.79 Å². The molecule has 18 heavy (non-hydrogen) atoms. The fourth-order valence-corrected chi connectivity index (χ4v) is 2.48. The van der Waals surface area contributed by atoms with Crippen molar-refractivity contribution < 1.29 is 9.90 Å². The van der Waals surface area contributed by atoms with Gasteiger partial charge in [0.1, 0.15) is 0 Å². The summed E-state index contributed by atoms with van der Waals surface area (Å²) in [4.78, 5) is 14.1. The average molecular weight is 255 g/mol. The zero-order valence-electron chi connectivity index (χ0n) is 11.2. The predicted octanol–water partition coefficient (Wildman–Crippen LogP) is -0.300. The van der Waals surface area contributed by atoms with Crippen LogP contribution in [0.5, 0.6) is 0 Å². The molecule has 1 amide bonds. The van der Waals surface area contributed by atoms with Crippen LogP contribution < -0.4 is 10.6 Å². The van der Waals surface area contributed by atoms with Gasteiger partial charge in [-0.05, 0) is 39.2 Å². The van der Waals surface area contributed by atoms with Crippen LogP contribution in [-0.4, -0.2) is 60.3 Å². The van der Waals surface area contributed by atoms with E-state index in [0.29, 0.717) is 18.6 Å². The Morgan fingerprint density at radius 1 is 1.50 bits per heavy atom. The SMILES string of the molecule is CC(C(=O)NC1CC1)N(CCO)CC1CCCN1. The van der Waals surface area contributed by atoms with Crippen LogP contribution in [0.4, 0.5) is 0 Å². The number of hydrogen-bond acceptors (Lipinski definition) is 4. The normalized spacial score (nSPS) is 25.4. The molecule has 0 aromatic heterocycles. The third-order valence-corrected chi connectivity index (χ3v) is 3.86. The molecular formula is C13H25N3O2. The second kappa shape index (κ2) is 6.50. The van der Waals surface area contributed by atoms with Gasteiger partial charge < -0.3 is 15.7 Å². The molecule has 1 aliphatic heterocycles. The summed E-state index contributed by atoms with van der Waals surface area (Å²) < 4.78 is 0. The molecule has 1 aliphatic carbocycles. The molecule has 2 fully saturated rings. The van der Waals surface area contributed by atoms with Crippen LogP contribution in [0.3, 0.4) is 0 Å². The van der Waals surface area contributed by atoms with Crippen LogP contribution in [0.25, 0.3) is 0 Å². The second-order valence-electron chi connectivity index (χ2n) is 5.47. The van der Waals surface area contributed by atoms with Gasteiger partial charge in [-0.25, -0.2) is 0 Å². The summed E-state index contributed by atoms with van der Waals surface area (Å²) in [6.45, 7) is 4.52. The predicted molar refractivity (Wildman–Crippen MR) is 70.3 cm³/mol. The minimum Gasteiger partial charge on any atom is -0.395 e. The highest BCUT2D eigenvalue weighted by Gasteiger charge is 2.29. The molecule has 104 valence electrons. The summed E-state index contributed by atoms with van der Waals surface area (Å²) in [6, 6.07) is 0.716. The number of rotatable bonds is 7. The molecule has 1 heterocycles. The quantitative estimate of drug-likeness (QED) is 0.584. The highest BCUT2D eigenvalue weighted by Crippen LogP contribution is 2.19. The van der Waals surface area contributed by atoms with Gasteiger partial charge in [-0.1, -0.05) is 0 Å². The maximum Gasteiger partial charge on any atom is 0.237 e. The van der Waals surface area contributed by atoms with E-state index in [1.165, 1.54) is 12.8 Å². The zero-order chi connectivity index (χ0) is 13.0. The molecule has 1 saturated carbocycles. The van der Waals surface area contributed by atoms with E-state index in [1.54, 1.807) is 0 Å². The summed E-state index contributed by atoms with van der Waals surface area (Å²) >= 11 is 0. The molecule has 0 aromatic rings. The molecule has 0 bridgehead atoms. The number of amides is 1. The van der Waals surface area contributed by atoms with Gasteiger partial charge in [-0.3, -0.25) is 9.69 Å². The highest BCUT2D eigenvalue weighted by molar-refractivity contribution is 5.81. The first-order valence-corrected chi connectivity index (χ1v) is 7.09. The monoisotopic (exact) mass is 255 g/mol. The minimum atomic E-state index is -0.153. The van der Waals surface area contributed by atoms with Crippen LogP contribution in [0.15, 0.2) is 0 Å². The molecule has 2 rings (SSSR count). The molecule has 0 radical (unpaired) electrons. The summed E-state index contributed by atoms with van der Waals surface area (Å²) in [5.41, 5.74) is 0. The molecule has 2 unspecified atom stereocenters. The van der Waals surface area contributed by atoms with Crippen molar-refractivity contribution in [2.24, 2.45) is 0 Å². The van der Waals surface area contributed by atoms with Gasteiger partial charge in [0, 0.05) is 25.2 Å². The van der Waals surface area contributed by atoms with Gasteiger partial charge in [0.05, 0.1) is 12.6 Å². The Kier molecular flexibility index (Phi) is 4.97. The number of aliphatic hydroxyl groups is 1. The van der Waals surface area contributed by atoms with Crippen molar-refractivity contribution in [3.63, 3.8) is 0 Å². The summed E-state index contributed by atoms with van der Waals surface area (Å²) in [7, 11) is 0. The first kappa shape index (κ1) is 13.8. The molecule has 5 heteroatoms. The smallest absolute Gasteiger partial charge is 0.237 e. The van der Waals surface area contributed by atoms with E-state index in [0.717, 1.165) is 25.9 Å². The van der Waals surface area contributed by atoms with Crippen molar-refractivity contribution in [3.8, 4) is 0 Å². The largest absolute Gasteiger partial charge is 0.395 e. The van der Waals surface area contributed by atoms with Crippen molar-refractivity contribution in [2.75, 3.05) is 26.2 Å². The molecular weight excluding hydrogens is 230 g/mol. The Balaban J connectivity index is 1.83. The number of nitrogens with zero attached hydrogens (tertiary/aromatic N) is 1. The van der Waals surface area contributed by atoms with Crippen molar-refractivity contribution in [1.29, 1.82) is 0 Å². The van der Waals surface area contributed by atoms with Gasteiger partial charge in [0.15, 0.2) is 0 Å². The summed E-state index contributed by atoms with van der Waals surface area (Å²) in [5.74, 6) is 0.101. The van der Waals surface area contributed by atoms with E-state index in [4.69, 9.17) is 5.11 Å². The van der Waals surface area contributed by atoms with Gasteiger partial charge in [0.25, 0.3) is 0 Å².